The molecule has 1 aromatic rings. The summed E-state index contributed by atoms with van der Waals surface area (Å²) >= 11 is 0. The molecule has 0 aliphatic heterocycles. The molecule has 1 rings (SSSR count). The van der Waals surface area contributed by atoms with E-state index < -0.39 is 0 Å². The van der Waals surface area contributed by atoms with Crippen molar-refractivity contribution in [1.82, 2.24) is 0 Å². The molecule has 0 amide bonds. The zero-order valence-corrected chi connectivity index (χ0v) is 11.4. The van der Waals surface area contributed by atoms with Crippen LogP contribution in [0, 0.1) is 6.92 Å². The van der Waals surface area contributed by atoms with Gasteiger partial charge in [0.05, 0.1) is 13.2 Å². The minimum atomic E-state index is 0.686. The molecule has 2 nitrogen and oxygen atoms in total. The Bertz CT molecular complexity index is 279. The van der Waals surface area contributed by atoms with Gasteiger partial charge in [-0.05, 0) is 31.5 Å². The maximum Gasteiger partial charge on any atom is 0.163 e. The van der Waals surface area contributed by atoms with Gasteiger partial charge in [0.2, 0.25) is 0 Å². The number of benzene rings is 1. The van der Waals surface area contributed by atoms with E-state index >= 15 is 0 Å². The van der Waals surface area contributed by atoms with E-state index in [2.05, 4.69) is 19.1 Å². The van der Waals surface area contributed by atoms with Crippen LogP contribution in [0.5, 0.6) is 11.5 Å². The molecule has 0 unspecified atom stereocenters. The van der Waals surface area contributed by atoms with Crippen molar-refractivity contribution in [2.45, 2.75) is 20.8 Å². The Morgan fingerprint density at radius 1 is 1.07 bits per heavy atom. The van der Waals surface area contributed by atoms with Crippen LogP contribution in [0.3, 0.4) is 0 Å². The third-order valence-electron chi connectivity index (χ3n) is 2.08. The SMILES string of the molecule is CCOc1c(C)ccc([SiH3])c1OCC. The summed E-state index contributed by atoms with van der Waals surface area (Å²) in [6.45, 7) is 7.42. The molecule has 0 saturated heterocycles. The van der Waals surface area contributed by atoms with Crippen molar-refractivity contribution in [3.05, 3.63) is 17.7 Å². The second kappa shape index (κ2) is 5.05. The van der Waals surface area contributed by atoms with Crippen molar-refractivity contribution in [2.24, 2.45) is 0 Å². The molecule has 3 heteroatoms. The highest BCUT2D eigenvalue weighted by atomic mass is 28.1. The number of aryl methyl sites for hydroxylation is 1. The quantitative estimate of drug-likeness (QED) is 0.684. The molecule has 0 aliphatic rings. The van der Waals surface area contributed by atoms with Crippen LogP contribution in [-0.2, 0) is 0 Å². The van der Waals surface area contributed by atoms with Crippen LogP contribution in [-0.4, -0.2) is 23.5 Å². The van der Waals surface area contributed by atoms with Crippen LogP contribution in [0.1, 0.15) is 19.4 Å². The van der Waals surface area contributed by atoms with Crippen LogP contribution in [0.2, 0.25) is 0 Å². The molecule has 0 saturated carbocycles. The van der Waals surface area contributed by atoms with E-state index in [1.165, 1.54) is 5.19 Å². The van der Waals surface area contributed by atoms with Gasteiger partial charge in [0.15, 0.2) is 11.5 Å². The van der Waals surface area contributed by atoms with Gasteiger partial charge in [-0.3, -0.25) is 0 Å². The van der Waals surface area contributed by atoms with Crippen LogP contribution in [0.25, 0.3) is 0 Å². The highest BCUT2D eigenvalue weighted by Gasteiger charge is 2.10. The molecule has 78 valence electrons. The van der Waals surface area contributed by atoms with Gasteiger partial charge >= 0.3 is 0 Å². The van der Waals surface area contributed by atoms with Crippen molar-refractivity contribution in [1.29, 1.82) is 0 Å². The van der Waals surface area contributed by atoms with E-state index in [9.17, 15) is 0 Å². The Morgan fingerprint density at radius 2 is 1.64 bits per heavy atom. The first-order valence-corrected chi connectivity index (χ1v) is 6.06. The second-order valence-electron chi connectivity index (χ2n) is 3.22. The predicted molar refractivity (Wildman–Crippen MR) is 63.1 cm³/mol. The Labute approximate surface area is 88.7 Å². The largest absolute Gasteiger partial charge is 0.490 e. The van der Waals surface area contributed by atoms with Crippen molar-refractivity contribution in [2.75, 3.05) is 13.2 Å². The first-order chi connectivity index (χ1) is 6.70. The van der Waals surface area contributed by atoms with Gasteiger partial charge in [0.25, 0.3) is 0 Å². The topological polar surface area (TPSA) is 18.5 Å². The summed E-state index contributed by atoms with van der Waals surface area (Å²) in [6.07, 6.45) is 0. The lowest BCUT2D eigenvalue weighted by Gasteiger charge is -2.15. The van der Waals surface area contributed by atoms with E-state index in [1.807, 2.05) is 13.8 Å². The number of rotatable bonds is 4. The predicted octanol–water partition coefficient (Wildman–Crippen LogP) is 0.783. The summed E-state index contributed by atoms with van der Waals surface area (Å²) in [5, 5.41) is 1.26. The monoisotopic (exact) mass is 210 g/mol. The van der Waals surface area contributed by atoms with Gasteiger partial charge in [0.1, 0.15) is 0 Å². The highest BCUT2D eigenvalue weighted by molar-refractivity contribution is 6.34. The van der Waals surface area contributed by atoms with E-state index in [4.69, 9.17) is 9.47 Å². The smallest absolute Gasteiger partial charge is 0.163 e. The molecule has 0 fully saturated rings. The summed E-state index contributed by atoms with van der Waals surface area (Å²) in [6, 6.07) is 4.21. The minimum absolute atomic E-state index is 0.686. The van der Waals surface area contributed by atoms with Gasteiger partial charge < -0.3 is 9.47 Å². The Morgan fingerprint density at radius 3 is 2.21 bits per heavy atom. The molecule has 0 radical (unpaired) electrons. The minimum Gasteiger partial charge on any atom is -0.490 e. The lowest BCUT2D eigenvalue weighted by molar-refractivity contribution is 0.288. The summed E-state index contributed by atoms with van der Waals surface area (Å²) in [7, 11) is 0.988. The van der Waals surface area contributed by atoms with Crippen LogP contribution in [0.15, 0.2) is 12.1 Å². The molecular weight excluding hydrogens is 192 g/mol. The van der Waals surface area contributed by atoms with Crippen LogP contribution >= 0.6 is 0 Å². The summed E-state index contributed by atoms with van der Waals surface area (Å²) in [5.41, 5.74) is 1.15. The Kier molecular flexibility index (Phi) is 4.01. The molecular formula is C11H18O2Si. The maximum atomic E-state index is 5.61. The number of hydrogen-bond acceptors (Lipinski definition) is 2. The highest BCUT2D eigenvalue weighted by Crippen LogP contribution is 2.28. The average Bonchev–Trinajstić information content (AvgIpc) is 2.17. The normalized spacial score (nSPS) is 10.2. The number of hydrogen-bond donors (Lipinski definition) is 0. The average molecular weight is 210 g/mol. The summed E-state index contributed by atoms with van der Waals surface area (Å²) in [5.74, 6) is 1.86. The van der Waals surface area contributed by atoms with Gasteiger partial charge in [0, 0.05) is 10.2 Å². The molecule has 0 heterocycles. The van der Waals surface area contributed by atoms with E-state index in [-0.39, 0.29) is 0 Å². The van der Waals surface area contributed by atoms with Gasteiger partial charge in [-0.1, -0.05) is 12.1 Å². The molecule has 0 atom stereocenters. The first kappa shape index (κ1) is 11.1. The van der Waals surface area contributed by atoms with Crippen molar-refractivity contribution in [3.8, 4) is 11.5 Å². The van der Waals surface area contributed by atoms with Crippen molar-refractivity contribution in [3.63, 3.8) is 0 Å². The van der Waals surface area contributed by atoms with Crippen LogP contribution in [0.4, 0.5) is 0 Å². The Hall–Kier alpha value is -0.963. The lowest BCUT2D eigenvalue weighted by atomic mass is 10.2. The van der Waals surface area contributed by atoms with Crippen molar-refractivity contribution >= 4 is 15.4 Å². The fourth-order valence-corrected chi connectivity index (χ4v) is 1.95. The van der Waals surface area contributed by atoms with Gasteiger partial charge in [-0.2, -0.15) is 0 Å². The third-order valence-corrected chi connectivity index (χ3v) is 2.87. The first-order valence-electron chi connectivity index (χ1n) is 5.06. The molecule has 0 spiro atoms. The fourth-order valence-electron chi connectivity index (χ4n) is 1.41. The molecule has 0 bridgehead atoms. The summed E-state index contributed by atoms with van der Waals surface area (Å²) in [4.78, 5) is 0. The zero-order valence-electron chi connectivity index (χ0n) is 9.39. The molecule has 0 N–H and O–H groups in total. The molecule has 0 aliphatic carbocycles. The molecule has 0 aromatic heterocycles. The summed E-state index contributed by atoms with van der Waals surface area (Å²) < 4.78 is 11.2. The zero-order chi connectivity index (χ0) is 10.6. The number of ether oxygens (including phenoxy) is 2. The fraction of sp³-hybridized carbons (Fsp3) is 0.455. The standard InChI is InChI=1S/C11H18O2Si/c1-4-12-10-8(3)6-7-9(14)11(10)13-5-2/h6-7H,4-5H2,1-3,14H3. The Balaban J connectivity index is 3.12. The second-order valence-corrected chi connectivity index (χ2v) is 4.30. The third kappa shape index (κ3) is 2.29. The molecule has 1 aromatic carbocycles. The molecule has 14 heavy (non-hydrogen) atoms. The van der Waals surface area contributed by atoms with E-state index in [0.29, 0.717) is 13.2 Å². The van der Waals surface area contributed by atoms with Crippen LogP contribution < -0.4 is 14.7 Å². The van der Waals surface area contributed by atoms with E-state index in [1.54, 1.807) is 0 Å². The van der Waals surface area contributed by atoms with Gasteiger partial charge in [-0.25, -0.2) is 0 Å². The maximum absolute atomic E-state index is 5.61. The van der Waals surface area contributed by atoms with Crippen molar-refractivity contribution < 1.29 is 9.47 Å². The van der Waals surface area contributed by atoms with E-state index in [0.717, 1.165) is 27.3 Å². The van der Waals surface area contributed by atoms with Gasteiger partial charge in [-0.15, -0.1) is 0 Å². The lowest BCUT2D eigenvalue weighted by Crippen LogP contribution is -2.12.